The van der Waals surface area contributed by atoms with Crippen LogP contribution in [0.1, 0.15) is 90.5 Å². The van der Waals surface area contributed by atoms with Crippen molar-refractivity contribution in [1.29, 1.82) is 0 Å². The topological polar surface area (TPSA) is 3.24 Å². The second-order valence-corrected chi connectivity index (χ2v) is 19.5. The lowest BCUT2D eigenvalue weighted by atomic mass is 9.67. The summed E-state index contributed by atoms with van der Waals surface area (Å²) in [6.07, 6.45) is 6.24. The Hall–Kier alpha value is -7.22. The fourth-order valence-corrected chi connectivity index (χ4v) is 13.2. The van der Waals surface area contributed by atoms with E-state index in [0.29, 0.717) is 0 Å². The lowest BCUT2D eigenvalue weighted by Crippen LogP contribution is -2.29. The second kappa shape index (κ2) is 14.4. The van der Waals surface area contributed by atoms with Crippen molar-refractivity contribution < 1.29 is 0 Å². The van der Waals surface area contributed by atoms with Crippen LogP contribution in [-0.4, -0.2) is 0 Å². The van der Waals surface area contributed by atoms with Gasteiger partial charge in [-0.2, -0.15) is 0 Å². The number of benzene rings is 9. The molecule has 0 aromatic heterocycles. The van der Waals surface area contributed by atoms with Gasteiger partial charge in [0.25, 0.3) is 0 Å². The summed E-state index contributed by atoms with van der Waals surface area (Å²) in [5.41, 5.74) is 24.7. The van der Waals surface area contributed by atoms with Gasteiger partial charge >= 0.3 is 0 Å². The van der Waals surface area contributed by atoms with Crippen LogP contribution in [0.3, 0.4) is 0 Å². The van der Waals surface area contributed by atoms with Gasteiger partial charge in [0, 0.05) is 27.9 Å². The van der Waals surface area contributed by atoms with Gasteiger partial charge in [-0.3, -0.25) is 0 Å². The molecule has 1 nitrogen and oxygen atoms in total. The van der Waals surface area contributed by atoms with Gasteiger partial charge in [-0.05, 0) is 138 Å². The van der Waals surface area contributed by atoms with E-state index in [1.165, 1.54) is 127 Å². The molecular weight excluding hydrogens is 783 g/mol. The number of nitrogens with zero attached hydrogens (tertiary/aromatic N) is 1. The van der Waals surface area contributed by atoms with E-state index in [0.717, 1.165) is 11.4 Å². The Labute approximate surface area is 383 Å². The minimum absolute atomic E-state index is 0.0448. The van der Waals surface area contributed by atoms with Crippen LogP contribution in [0.5, 0.6) is 0 Å². The van der Waals surface area contributed by atoms with E-state index in [2.05, 4.69) is 231 Å². The maximum absolute atomic E-state index is 2.57. The van der Waals surface area contributed by atoms with Crippen molar-refractivity contribution in [2.24, 2.45) is 0 Å². The van der Waals surface area contributed by atoms with Crippen molar-refractivity contribution in [3.05, 3.63) is 257 Å². The highest BCUT2D eigenvalue weighted by atomic mass is 15.1. The normalized spacial score (nSPS) is 16.2. The molecule has 0 atom stereocenters. The van der Waals surface area contributed by atoms with E-state index >= 15 is 0 Å². The number of fused-ring (bicyclic) bond motifs is 11. The van der Waals surface area contributed by atoms with E-state index in [1.54, 1.807) is 0 Å². The molecule has 312 valence electrons. The zero-order valence-electron chi connectivity index (χ0n) is 37.2. The van der Waals surface area contributed by atoms with Gasteiger partial charge in [-0.15, -0.1) is 0 Å². The van der Waals surface area contributed by atoms with E-state index in [4.69, 9.17) is 0 Å². The molecule has 1 saturated carbocycles. The van der Waals surface area contributed by atoms with Crippen LogP contribution >= 0.6 is 0 Å². The molecule has 9 aromatic carbocycles. The first-order chi connectivity index (χ1) is 32.0. The number of hydrogen-bond acceptors (Lipinski definition) is 1. The maximum atomic E-state index is 2.57. The van der Waals surface area contributed by atoms with Gasteiger partial charge in [-0.1, -0.05) is 209 Å². The van der Waals surface area contributed by atoms with Gasteiger partial charge in [-0.25, -0.2) is 0 Å². The van der Waals surface area contributed by atoms with Gasteiger partial charge in [0.2, 0.25) is 0 Å². The predicted octanol–water partition coefficient (Wildman–Crippen LogP) is 16.7. The molecule has 0 N–H and O–H groups in total. The van der Waals surface area contributed by atoms with Crippen molar-refractivity contribution in [3.63, 3.8) is 0 Å². The highest BCUT2D eigenvalue weighted by molar-refractivity contribution is 5.92. The van der Waals surface area contributed by atoms with Crippen molar-refractivity contribution in [2.75, 3.05) is 4.90 Å². The Morgan fingerprint density at radius 2 is 0.800 bits per heavy atom. The van der Waals surface area contributed by atoms with Crippen molar-refractivity contribution in [3.8, 4) is 44.5 Å². The highest BCUT2D eigenvalue weighted by Crippen LogP contribution is 2.60. The fourth-order valence-electron chi connectivity index (χ4n) is 13.2. The molecule has 1 fully saturated rings. The average molecular weight is 834 g/mol. The summed E-state index contributed by atoms with van der Waals surface area (Å²) >= 11 is 0. The third-order valence-electron chi connectivity index (χ3n) is 15.9. The summed E-state index contributed by atoms with van der Waals surface area (Å²) in [6, 6.07) is 80.7. The summed E-state index contributed by atoms with van der Waals surface area (Å²) in [5.74, 6) is 0. The molecule has 4 aliphatic carbocycles. The van der Waals surface area contributed by atoms with E-state index in [-0.39, 0.29) is 10.8 Å². The van der Waals surface area contributed by atoms with Crippen LogP contribution in [-0.2, 0) is 16.2 Å². The molecule has 1 spiro atoms. The Bertz CT molecular complexity index is 3270. The van der Waals surface area contributed by atoms with E-state index < -0.39 is 5.41 Å². The molecule has 0 amide bonds. The summed E-state index contributed by atoms with van der Waals surface area (Å²) in [6.45, 7) is 4.78. The third kappa shape index (κ3) is 5.39. The number of anilines is 3. The van der Waals surface area contributed by atoms with Crippen molar-refractivity contribution in [2.45, 2.75) is 62.2 Å². The third-order valence-corrected chi connectivity index (χ3v) is 15.9. The smallest absolute Gasteiger partial charge is 0.0714 e. The summed E-state index contributed by atoms with van der Waals surface area (Å²) in [4.78, 5) is 2.54. The van der Waals surface area contributed by atoms with Crippen molar-refractivity contribution >= 4 is 17.1 Å². The molecule has 4 aliphatic rings. The number of rotatable bonds is 6. The van der Waals surface area contributed by atoms with Gasteiger partial charge in [0.1, 0.15) is 0 Å². The molecule has 0 saturated heterocycles. The second-order valence-electron chi connectivity index (χ2n) is 19.5. The average Bonchev–Trinajstić information content (AvgIpc) is 3.91. The van der Waals surface area contributed by atoms with Gasteiger partial charge < -0.3 is 4.90 Å². The highest BCUT2D eigenvalue weighted by Gasteiger charge is 2.47. The standard InChI is InChI=1S/C64H51N/c1-62(2)56-28-13-10-25-52(56)55-27-18-26-49(61(55)62)43-31-33-46(34-32-43)65(47-35-37-53-50-23-11-14-29-57(50)63(59(53)41-47)39-16-5-17-40-63)48-36-38-54-51-24-12-15-30-58(51)64(60(54)42-48,44-19-6-3-7-20-44)45-21-8-4-9-22-45/h3-4,6-15,18-38,41-42H,5,16-17,39-40H2,1-2H3. The lowest BCUT2D eigenvalue weighted by Gasteiger charge is -2.37. The van der Waals surface area contributed by atoms with Crippen LogP contribution in [0.25, 0.3) is 44.5 Å². The zero-order valence-corrected chi connectivity index (χ0v) is 37.2. The van der Waals surface area contributed by atoms with Crippen LogP contribution < -0.4 is 4.90 Å². The van der Waals surface area contributed by atoms with Crippen molar-refractivity contribution in [1.82, 2.24) is 0 Å². The predicted molar refractivity (Wildman–Crippen MR) is 271 cm³/mol. The monoisotopic (exact) mass is 833 g/mol. The molecule has 0 unspecified atom stereocenters. The fraction of sp³-hybridized carbons (Fsp3) is 0.156. The first kappa shape index (κ1) is 38.3. The SMILES string of the molecule is CC1(C)c2ccccc2-c2cccc(-c3ccc(N(c4ccc5c(c4)C4(CCCCC4)c4ccccc4-5)c4ccc5c(c4)C(c4ccccc4)(c4ccccc4)c4ccccc4-5)cc3)c21. The van der Waals surface area contributed by atoms with Gasteiger partial charge in [0.05, 0.1) is 5.41 Å². The summed E-state index contributed by atoms with van der Waals surface area (Å²) in [7, 11) is 0. The molecule has 65 heavy (non-hydrogen) atoms. The Morgan fingerprint density at radius 3 is 1.45 bits per heavy atom. The largest absolute Gasteiger partial charge is 0.310 e. The zero-order chi connectivity index (χ0) is 43.3. The summed E-state index contributed by atoms with van der Waals surface area (Å²) < 4.78 is 0. The molecular formula is C64H51N. The first-order valence-corrected chi connectivity index (χ1v) is 23.7. The minimum Gasteiger partial charge on any atom is -0.310 e. The van der Waals surface area contributed by atoms with Crippen LogP contribution in [0, 0.1) is 0 Å². The molecule has 0 heterocycles. The van der Waals surface area contributed by atoms with Crippen LogP contribution in [0.4, 0.5) is 17.1 Å². The lowest BCUT2D eigenvalue weighted by molar-refractivity contribution is 0.353. The Kier molecular flexibility index (Phi) is 8.47. The molecule has 0 aliphatic heterocycles. The van der Waals surface area contributed by atoms with E-state index in [9.17, 15) is 0 Å². The molecule has 1 heteroatoms. The molecule has 0 bridgehead atoms. The first-order valence-electron chi connectivity index (χ1n) is 23.7. The van der Waals surface area contributed by atoms with Crippen LogP contribution in [0.15, 0.2) is 212 Å². The molecule has 9 aromatic rings. The molecule has 13 rings (SSSR count). The van der Waals surface area contributed by atoms with Crippen LogP contribution in [0.2, 0.25) is 0 Å². The molecule has 0 radical (unpaired) electrons. The maximum Gasteiger partial charge on any atom is 0.0714 e. The van der Waals surface area contributed by atoms with E-state index in [1.807, 2.05) is 0 Å². The number of hydrogen-bond donors (Lipinski definition) is 0. The summed E-state index contributed by atoms with van der Waals surface area (Å²) in [5, 5.41) is 0. The quantitative estimate of drug-likeness (QED) is 0.161. The van der Waals surface area contributed by atoms with Gasteiger partial charge in [0.15, 0.2) is 0 Å². The minimum atomic E-state index is -0.496. The Morgan fingerprint density at radius 1 is 0.338 bits per heavy atom. The Balaban J connectivity index is 1.02.